The first-order valence-corrected chi connectivity index (χ1v) is 7.78. The number of aryl methyl sites for hydroxylation is 1. The van der Waals surface area contributed by atoms with Crippen LogP contribution in [0.25, 0.3) is 11.3 Å². The molecule has 5 heteroatoms. The van der Waals surface area contributed by atoms with Crippen molar-refractivity contribution in [2.75, 3.05) is 4.90 Å². The Morgan fingerprint density at radius 3 is 2.57 bits per heavy atom. The van der Waals surface area contributed by atoms with Crippen LogP contribution in [0.2, 0.25) is 0 Å². The SMILES string of the molecule is Cc1cc(-c2ccccc2)nc(N(Cc2cnc[nH]2)C(C)C)n1. The monoisotopic (exact) mass is 307 g/mol. The molecule has 3 rings (SSSR count). The molecule has 2 heterocycles. The summed E-state index contributed by atoms with van der Waals surface area (Å²) in [5.41, 5.74) is 4.06. The second-order valence-electron chi connectivity index (χ2n) is 5.86. The molecular formula is C18H21N5. The van der Waals surface area contributed by atoms with Gasteiger partial charge in [0.05, 0.1) is 24.3 Å². The summed E-state index contributed by atoms with van der Waals surface area (Å²) in [6, 6.07) is 12.5. The molecule has 0 aliphatic heterocycles. The molecule has 0 amide bonds. The third-order valence-electron chi connectivity index (χ3n) is 3.69. The number of aromatic amines is 1. The second-order valence-corrected chi connectivity index (χ2v) is 5.86. The van der Waals surface area contributed by atoms with Gasteiger partial charge in [-0.05, 0) is 26.8 Å². The lowest BCUT2D eigenvalue weighted by molar-refractivity contribution is 0.653. The smallest absolute Gasteiger partial charge is 0.226 e. The van der Waals surface area contributed by atoms with Gasteiger partial charge in [-0.1, -0.05) is 30.3 Å². The van der Waals surface area contributed by atoms with Crippen molar-refractivity contribution in [3.63, 3.8) is 0 Å². The Morgan fingerprint density at radius 1 is 1.13 bits per heavy atom. The van der Waals surface area contributed by atoms with Crippen LogP contribution in [0.5, 0.6) is 0 Å². The molecule has 118 valence electrons. The topological polar surface area (TPSA) is 57.7 Å². The van der Waals surface area contributed by atoms with Crippen LogP contribution < -0.4 is 4.90 Å². The Balaban J connectivity index is 1.98. The molecule has 0 spiro atoms. The highest BCUT2D eigenvalue weighted by atomic mass is 15.3. The minimum atomic E-state index is 0.281. The van der Waals surface area contributed by atoms with Crippen molar-refractivity contribution in [3.8, 4) is 11.3 Å². The second kappa shape index (κ2) is 6.60. The van der Waals surface area contributed by atoms with E-state index in [4.69, 9.17) is 4.98 Å². The Kier molecular flexibility index (Phi) is 4.37. The van der Waals surface area contributed by atoms with Crippen LogP contribution in [0.15, 0.2) is 48.9 Å². The van der Waals surface area contributed by atoms with Gasteiger partial charge < -0.3 is 9.88 Å². The molecule has 5 nitrogen and oxygen atoms in total. The summed E-state index contributed by atoms with van der Waals surface area (Å²) >= 11 is 0. The summed E-state index contributed by atoms with van der Waals surface area (Å²) in [5, 5.41) is 0. The number of aromatic nitrogens is 4. The van der Waals surface area contributed by atoms with E-state index in [0.717, 1.165) is 28.6 Å². The molecule has 0 saturated heterocycles. The average Bonchev–Trinajstić information content (AvgIpc) is 3.06. The van der Waals surface area contributed by atoms with Crippen molar-refractivity contribution in [2.24, 2.45) is 0 Å². The van der Waals surface area contributed by atoms with Crippen LogP contribution in [0.3, 0.4) is 0 Å². The van der Waals surface area contributed by atoms with Gasteiger partial charge in [-0.2, -0.15) is 0 Å². The lowest BCUT2D eigenvalue weighted by Crippen LogP contribution is -2.32. The lowest BCUT2D eigenvalue weighted by atomic mass is 10.1. The van der Waals surface area contributed by atoms with E-state index in [1.54, 1.807) is 6.33 Å². The largest absolute Gasteiger partial charge is 0.347 e. The third-order valence-corrected chi connectivity index (χ3v) is 3.69. The fraction of sp³-hybridized carbons (Fsp3) is 0.278. The normalized spacial score (nSPS) is 11.0. The Morgan fingerprint density at radius 2 is 1.91 bits per heavy atom. The summed E-state index contributed by atoms with van der Waals surface area (Å²) < 4.78 is 0. The number of hydrogen-bond donors (Lipinski definition) is 1. The summed E-state index contributed by atoms with van der Waals surface area (Å²) in [5.74, 6) is 0.744. The standard InChI is InChI=1S/C18H21N5/c1-13(2)23(11-16-10-19-12-20-16)18-21-14(3)9-17(22-18)15-7-5-4-6-8-15/h4-10,12-13H,11H2,1-3H3,(H,19,20). The van der Waals surface area contributed by atoms with E-state index < -0.39 is 0 Å². The van der Waals surface area contributed by atoms with Crippen molar-refractivity contribution in [1.82, 2.24) is 19.9 Å². The molecule has 0 saturated carbocycles. The van der Waals surface area contributed by atoms with Crippen LogP contribution in [-0.4, -0.2) is 26.0 Å². The molecule has 1 aromatic carbocycles. The maximum atomic E-state index is 4.79. The van der Waals surface area contributed by atoms with Gasteiger partial charge in [0.15, 0.2) is 0 Å². The van der Waals surface area contributed by atoms with Crippen molar-refractivity contribution in [1.29, 1.82) is 0 Å². The summed E-state index contributed by atoms with van der Waals surface area (Å²) in [6.07, 6.45) is 3.53. The van der Waals surface area contributed by atoms with Gasteiger partial charge in [0, 0.05) is 23.5 Å². The van der Waals surface area contributed by atoms with Gasteiger partial charge in [-0.25, -0.2) is 15.0 Å². The zero-order chi connectivity index (χ0) is 16.2. The molecular weight excluding hydrogens is 286 g/mol. The van der Waals surface area contributed by atoms with Gasteiger partial charge in [0.1, 0.15) is 0 Å². The number of H-pyrrole nitrogens is 1. The third kappa shape index (κ3) is 3.56. The first kappa shape index (κ1) is 15.2. The number of benzene rings is 1. The maximum Gasteiger partial charge on any atom is 0.226 e. The zero-order valence-corrected chi connectivity index (χ0v) is 13.7. The van der Waals surface area contributed by atoms with Crippen molar-refractivity contribution in [3.05, 3.63) is 60.3 Å². The van der Waals surface area contributed by atoms with Crippen LogP contribution in [0, 0.1) is 6.92 Å². The first-order chi connectivity index (χ1) is 11.1. The Hall–Kier alpha value is -2.69. The highest BCUT2D eigenvalue weighted by Gasteiger charge is 2.16. The predicted octanol–water partition coefficient (Wildman–Crippen LogP) is 3.59. The summed E-state index contributed by atoms with van der Waals surface area (Å²) in [4.78, 5) is 18.8. The lowest BCUT2D eigenvalue weighted by Gasteiger charge is -2.26. The van der Waals surface area contributed by atoms with E-state index in [1.165, 1.54) is 0 Å². The van der Waals surface area contributed by atoms with Gasteiger partial charge in [0.2, 0.25) is 5.95 Å². The Labute approximate surface area is 136 Å². The number of anilines is 1. The van der Waals surface area contributed by atoms with Crippen molar-refractivity contribution < 1.29 is 0 Å². The minimum Gasteiger partial charge on any atom is -0.347 e. The zero-order valence-electron chi connectivity index (χ0n) is 13.7. The molecule has 0 unspecified atom stereocenters. The summed E-state index contributed by atoms with van der Waals surface area (Å²) in [6.45, 7) is 7.00. The van der Waals surface area contributed by atoms with Gasteiger partial charge in [-0.3, -0.25) is 0 Å². The highest BCUT2D eigenvalue weighted by Crippen LogP contribution is 2.22. The van der Waals surface area contributed by atoms with E-state index in [-0.39, 0.29) is 6.04 Å². The van der Waals surface area contributed by atoms with Crippen molar-refractivity contribution in [2.45, 2.75) is 33.4 Å². The van der Waals surface area contributed by atoms with Crippen LogP contribution in [-0.2, 0) is 6.54 Å². The number of nitrogens with one attached hydrogen (secondary N) is 1. The molecule has 0 aliphatic carbocycles. The van der Waals surface area contributed by atoms with Gasteiger partial charge in [-0.15, -0.1) is 0 Å². The van der Waals surface area contributed by atoms with Crippen LogP contribution in [0.4, 0.5) is 5.95 Å². The molecule has 0 atom stereocenters. The minimum absolute atomic E-state index is 0.281. The van der Waals surface area contributed by atoms with Crippen molar-refractivity contribution >= 4 is 5.95 Å². The fourth-order valence-corrected chi connectivity index (χ4v) is 2.48. The molecule has 3 aromatic rings. The van der Waals surface area contributed by atoms with E-state index in [2.05, 4.69) is 45.8 Å². The fourth-order valence-electron chi connectivity index (χ4n) is 2.48. The molecule has 0 fully saturated rings. The Bertz CT molecular complexity index is 750. The first-order valence-electron chi connectivity index (χ1n) is 7.78. The number of hydrogen-bond acceptors (Lipinski definition) is 4. The predicted molar refractivity (Wildman–Crippen MR) is 92.1 cm³/mol. The number of nitrogens with zero attached hydrogens (tertiary/aromatic N) is 4. The van der Waals surface area contributed by atoms with Crippen LogP contribution >= 0.6 is 0 Å². The van der Waals surface area contributed by atoms with E-state index in [1.807, 2.05) is 37.4 Å². The van der Waals surface area contributed by atoms with E-state index in [9.17, 15) is 0 Å². The highest BCUT2D eigenvalue weighted by molar-refractivity contribution is 5.60. The molecule has 2 aromatic heterocycles. The molecule has 0 aliphatic rings. The van der Waals surface area contributed by atoms with Crippen LogP contribution in [0.1, 0.15) is 25.2 Å². The van der Waals surface area contributed by atoms with E-state index >= 15 is 0 Å². The number of rotatable bonds is 5. The quantitative estimate of drug-likeness (QED) is 0.782. The molecule has 0 bridgehead atoms. The maximum absolute atomic E-state index is 4.79. The molecule has 23 heavy (non-hydrogen) atoms. The molecule has 0 radical (unpaired) electrons. The molecule has 1 N–H and O–H groups in total. The van der Waals surface area contributed by atoms with Gasteiger partial charge >= 0.3 is 0 Å². The number of imidazole rings is 1. The van der Waals surface area contributed by atoms with Gasteiger partial charge in [0.25, 0.3) is 0 Å². The summed E-state index contributed by atoms with van der Waals surface area (Å²) in [7, 11) is 0. The van der Waals surface area contributed by atoms with E-state index in [0.29, 0.717) is 6.54 Å². The average molecular weight is 307 g/mol.